The minimum absolute atomic E-state index is 0.239. The van der Waals surface area contributed by atoms with E-state index < -0.39 is 18.4 Å². The molecule has 0 saturated carbocycles. The summed E-state index contributed by atoms with van der Waals surface area (Å²) in [4.78, 5) is 11.6. The van der Waals surface area contributed by atoms with Gasteiger partial charge in [-0.3, -0.25) is 0 Å². The van der Waals surface area contributed by atoms with Gasteiger partial charge in [-0.15, -0.1) is 13.2 Å². The van der Waals surface area contributed by atoms with Crippen LogP contribution in [0.25, 0.3) is 10.9 Å². The number of benzene rings is 2. The predicted molar refractivity (Wildman–Crippen MR) is 103 cm³/mol. The number of para-hydroxylation sites is 1. The van der Waals surface area contributed by atoms with Crippen LogP contribution in [0.3, 0.4) is 0 Å². The molecule has 9 heteroatoms. The van der Waals surface area contributed by atoms with E-state index in [1.54, 1.807) is 12.1 Å². The number of hydrogen-bond acceptors (Lipinski definition) is 4. The van der Waals surface area contributed by atoms with Crippen LogP contribution in [-0.2, 0) is 22.0 Å². The highest BCUT2D eigenvalue weighted by atomic mass is 35.5. The van der Waals surface area contributed by atoms with Gasteiger partial charge < -0.3 is 19.3 Å². The van der Waals surface area contributed by atoms with Gasteiger partial charge in [-0.1, -0.05) is 30.3 Å². The maximum atomic E-state index is 12.3. The first-order chi connectivity index (χ1) is 13.7. The highest BCUT2D eigenvalue weighted by Crippen LogP contribution is 2.29. The number of ether oxygens (including phenoxy) is 1. The third-order valence-electron chi connectivity index (χ3n) is 4.66. The summed E-state index contributed by atoms with van der Waals surface area (Å²) in [5.74, 6) is -0.996. The second-order valence-corrected chi connectivity index (χ2v) is 6.72. The number of halogens is 4. The Bertz CT molecular complexity index is 1020. The molecule has 3 rings (SSSR count). The van der Waals surface area contributed by atoms with Crippen molar-refractivity contribution in [2.45, 2.75) is 32.3 Å². The van der Waals surface area contributed by atoms with Crippen LogP contribution in [0.1, 0.15) is 16.8 Å². The van der Waals surface area contributed by atoms with Crippen LogP contribution in [0.2, 0.25) is 0 Å². The normalized spacial score (nSPS) is 12.8. The van der Waals surface area contributed by atoms with E-state index in [4.69, 9.17) is 17.6 Å². The van der Waals surface area contributed by atoms with E-state index in [1.165, 1.54) is 12.1 Å². The lowest BCUT2D eigenvalue weighted by atomic mass is 10.0. The molecule has 1 aromatic heterocycles. The molecule has 0 bridgehead atoms. The molecule has 0 aliphatic heterocycles. The smallest absolute Gasteiger partial charge is 0.406 e. The van der Waals surface area contributed by atoms with E-state index in [9.17, 15) is 18.0 Å². The fourth-order valence-corrected chi connectivity index (χ4v) is 3.42. The molecule has 0 amide bonds. The number of nitrogens with two attached hydrogens (primary N) is 1. The highest BCUT2D eigenvalue weighted by Gasteiger charge is 2.31. The second-order valence-electron chi connectivity index (χ2n) is 6.57. The minimum atomic E-state index is -4.73. The van der Waals surface area contributed by atoms with Crippen molar-refractivity contribution in [1.82, 2.24) is 4.57 Å². The Morgan fingerprint density at radius 3 is 2.45 bits per heavy atom. The first kappa shape index (κ1) is 21.0. The van der Waals surface area contributed by atoms with Gasteiger partial charge >= 0.3 is 12.3 Å². The van der Waals surface area contributed by atoms with Crippen LogP contribution in [0.4, 0.5) is 13.2 Å². The Kier molecular flexibility index (Phi) is 6.04. The van der Waals surface area contributed by atoms with Gasteiger partial charge in [-0.25, -0.2) is 4.79 Å². The second kappa shape index (κ2) is 8.34. The number of aromatic nitrogens is 1. The first-order valence-corrected chi connectivity index (χ1v) is 9.00. The molecule has 0 spiro atoms. The zero-order valence-electron chi connectivity index (χ0n) is 15.4. The molecule has 0 fully saturated rings. The summed E-state index contributed by atoms with van der Waals surface area (Å²) in [6, 6.07) is 12.4. The van der Waals surface area contributed by atoms with Crippen molar-refractivity contribution in [2.24, 2.45) is 5.73 Å². The van der Waals surface area contributed by atoms with Crippen molar-refractivity contribution in [2.75, 3.05) is 0 Å². The third kappa shape index (κ3) is 4.83. The zero-order chi connectivity index (χ0) is 21.2. The number of carbonyl (C=O) groups excluding carboxylic acids is 1. The van der Waals surface area contributed by atoms with Gasteiger partial charge in [0, 0.05) is 29.6 Å². The predicted octanol–water partition coefficient (Wildman–Crippen LogP) is 4.46. The summed E-state index contributed by atoms with van der Waals surface area (Å²) in [5, 5.41) is 0.930. The van der Waals surface area contributed by atoms with Crippen LogP contribution in [0.5, 0.6) is 5.75 Å². The molecular weight excluding hydrogens is 409 g/mol. The quantitative estimate of drug-likeness (QED) is 0.632. The Balaban J connectivity index is 1.92. The SMILES string of the molecule is Cc1c(C[C@H](N)C(=O)OCl)c2ccccc2n1Cc1ccc(OC(F)(F)F)cc1. The third-order valence-corrected chi connectivity index (χ3v) is 4.81. The fraction of sp³-hybridized carbons (Fsp3) is 0.250. The van der Waals surface area contributed by atoms with Gasteiger partial charge in [0.05, 0.1) is 0 Å². The monoisotopic (exact) mass is 426 g/mol. The van der Waals surface area contributed by atoms with E-state index >= 15 is 0 Å². The molecule has 3 aromatic rings. The molecule has 0 radical (unpaired) electrons. The Morgan fingerprint density at radius 1 is 1.17 bits per heavy atom. The number of fused-ring (bicyclic) bond motifs is 1. The summed E-state index contributed by atoms with van der Waals surface area (Å²) < 4.78 is 47.1. The van der Waals surface area contributed by atoms with Crippen LogP contribution in [0.15, 0.2) is 48.5 Å². The van der Waals surface area contributed by atoms with Gasteiger partial charge in [-0.2, -0.15) is 0 Å². The van der Waals surface area contributed by atoms with Crippen LogP contribution in [-0.4, -0.2) is 22.9 Å². The molecule has 2 N–H and O–H groups in total. The Labute approximate surface area is 169 Å². The largest absolute Gasteiger partial charge is 0.573 e. The molecule has 29 heavy (non-hydrogen) atoms. The molecular formula is C20H18ClF3N2O3. The van der Waals surface area contributed by atoms with E-state index in [1.807, 2.05) is 35.8 Å². The molecule has 1 atom stereocenters. The fourth-order valence-electron chi connectivity index (χ4n) is 3.30. The summed E-state index contributed by atoms with van der Waals surface area (Å²) in [5.41, 5.74) is 9.35. The number of carbonyl (C=O) groups is 1. The van der Waals surface area contributed by atoms with Crippen LogP contribution >= 0.6 is 11.9 Å². The van der Waals surface area contributed by atoms with Gasteiger partial charge in [0.2, 0.25) is 0 Å². The number of hydrogen-bond donors (Lipinski definition) is 1. The van der Waals surface area contributed by atoms with Crippen molar-refractivity contribution >= 4 is 28.7 Å². The molecule has 0 aliphatic carbocycles. The molecule has 0 unspecified atom stereocenters. The highest BCUT2D eigenvalue weighted by molar-refractivity contribution is 6.13. The topological polar surface area (TPSA) is 66.5 Å². The van der Waals surface area contributed by atoms with Crippen molar-refractivity contribution < 1.29 is 27.0 Å². The molecule has 1 heterocycles. The van der Waals surface area contributed by atoms with Gasteiger partial charge in [0.1, 0.15) is 23.7 Å². The van der Waals surface area contributed by atoms with Crippen molar-refractivity contribution in [1.29, 1.82) is 0 Å². The number of nitrogens with zero attached hydrogens (tertiary/aromatic N) is 1. The first-order valence-electron chi connectivity index (χ1n) is 8.69. The minimum Gasteiger partial charge on any atom is -0.406 e. The summed E-state index contributed by atoms with van der Waals surface area (Å²) in [6.45, 7) is 2.32. The maximum Gasteiger partial charge on any atom is 0.573 e. The van der Waals surface area contributed by atoms with E-state index in [0.29, 0.717) is 6.54 Å². The van der Waals surface area contributed by atoms with Crippen molar-refractivity contribution in [3.63, 3.8) is 0 Å². The molecule has 5 nitrogen and oxygen atoms in total. The lowest BCUT2D eigenvalue weighted by molar-refractivity contribution is -0.274. The molecule has 0 aliphatic rings. The Hall–Kier alpha value is -2.71. The van der Waals surface area contributed by atoms with E-state index in [-0.39, 0.29) is 12.2 Å². The van der Waals surface area contributed by atoms with Gasteiger partial charge in [0.15, 0.2) is 0 Å². The van der Waals surface area contributed by atoms with E-state index in [2.05, 4.69) is 9.03 Å². The lowest BCUT2D eigenvalue weighted by Crippen LogP contribution is -2.33. The molecule has 0 saturated heterocycles. The lowest BCUT2D eigenvalue weighted by Gasteiger charge is -2.12. The molecule has 2 aromatic carbocycles. The van der Waals surface area contributed by atoms with Gasteiger partial charge in [0.25, 0.3) is 0 Å². The van der Waals surface area contributed by atoms with Gasteiger partial charge in [-0.05, 0) is 36.2 Å². The van der Waals surface area contributed by atoms with Crippen LogP contribution in [0, 0.1) is 6.92 Å². The molecule has 154 valence electrons. The van der Waals surface area contributed by atoms with Crippen LogP contribution < -0.4 is 10.5 Å². The standard InChI is InChI=1S/C20H18ClF3N2O3/c1-12-16(10-17(25)19(27)29-21)15-4-2-3-5-18(15)26(12)11-13-6-8-14(9-7-13)28-20(22,23)24/h2-9,17H,10-11,25H2,1H3/t17-/m0/s1. The van der Waals surface area contributed by atoms with E-state index in [0.717, 1.165) is 27.7 Å². The number of rotatable bonds is 6. The van der Waals surface area contributed by atoms with Crippen molar-refractivity contribution in [3.8, 4) is 5.75 Å². The summed E-state index contributed by atoms with van der Waals surface area (Å²) in [6.07, 6.45) is -4.49. The summed E-state index contributed by atoms with van der Waals surface area (Å²) >= 11 is 5.12. The Morgan fingerprint density at radius 2 is 1.83 bits per heavy atom. The average Bonchev–Trinajstić information content (AvgIpc) is 2.93. The van der Waals surface area contributed by atoms with Crippen molar-refractivity contribution in [3.05, 3.63) is 65.4 Å². The maximum absolute atomic E-state index is 12.3. The zero-order valence-corrected chi connectivity index (χ0v) is 16.1. The average molecular weight is 427 g/mol. The summed E-state index contributed by atoms with van der Waals surface area (Å²) in [7, 11) is 0. The number of alkyl halides is 3.